The molecule has 0 aromatic heterocycles. The first-order valence-corrected chi connectivity index (χ1v) is 5.93. The maximum atomic E-state index is 9.13. The largest absolute Gasteiger partial charge is 0.290 e. The zero-order valence-electron chi connectivity index (χ0n) is 11.1. The van der Waals surface area contributed by atoms with Gasteiger partial charge in [0.05, 0.1) is 11.4 Å². The lowest BCUT2D eigenvalue weighted by Crippen LogP contribution is -2.13. The minimum Gasteiger partial charge on any atom is -0.290 e. The van der Waals surface area contributed by atoms with Crippen molar-refractivity contribution < 1.29 is 0 Å². The summed E-state index contributed by atoms with van der Waals surface area (Å²) in [5, 5.41) is 20.0. The second-order valence-corrected chi connectivity index (χ2v) is 4.29. The molecule has 0 bridgehead atoms. The van der Waals surface area contributed by atoms with E-state index in [4.69, 9.17) is 10.5 Å². The predicted molar refractivity (Wildman–Crippen MR) is 79.0 cm³/mol. The first-order chi connectivity index (χ1) is 9.60. The van der Waals surface area contributed by atoms with Crippen LogP contribution in [0.2, 0.25) is 0 Å². The molecule has 96 valence electrons. The summed E-state index contributed by atoms with van der Waals surface area (Å²) in [6.45, 7) is 9.58. The monoisotopic (exact) mass is 260 g/mol. The number of fused-ring (bicyclic) bond motifs is 1. The molecule has 1 aromatic rings. The summed E-state index contributed by atoms with van der Waals surface area (Å²) < 4.78 is 0. The molecule has 0 fully saturated rings. The van der Waals surface area contributed by atoms with Gasteiger partial charge in [0, 0.05) is 5.57 Å². The average molecular weight is 260 g/mol. The molecule has 4 nitrogen and oxygen atoms in total. The van der Waals surface area contributed by atoms with E-state index in [1.54, 1.807) is 6.19 Å². The number of rotatable bonds is 3. The lowest BCUT2D eigenvalue weighted by molar-refractivity contribution is 1.15. The highest BCUT2D eigenvalue weighted by Crippen LogP contribution is 2.40. The van der Waals surface area contributed by atoms with Crippen molar-refractivity contribution in [1.82, 2.24) is 5.32 Å². The minimum atomic E-state index is 0.0786. The summed E-state index contributed by atoms with van der Waals surface area (Å²) in [5.41, 5.74) is 4.73. The Kier molecular flexibility index (Phi) is 3.50. The van der Waals surface area contributed by atoms with Gasteiger partial charge in [-0.05, 0) is 23.6 Å². The number of nitriles is 2. The van der Waals surface area contributed by atoms with Crippen LogP contribution < -0.4 is 5.32 Å². The molecule has 1 aliphatic carbocycles. The Hall–Kier alpha value is -3.11. The summed E-state index contributed by atoms with van der Waals surface area (Å²) in [5.74, 6) is 0. The van der Waals surface area contributed by atoms with Crippen LogP contribution >= 0.6 is 0 Å². The van der Waals surface area contributed by atoms with E-state index in [2.05, 4.69) is 23.5 Å². The second-order valence-electron chi connectivity index (χ2n) is 4.29. The number of hydrogen-bond acceptors (Lipinski definition) is 4. The Morgan fingerprint density at radius 3 is 2.45 bits per heavy atom. The fourth-order valence-electron chi connectivity index (χ4n) is 2.10. The van der Waals surface area contributed by atoms with E-state index < -0.39 is 0 Å². The lowest BCUT2D eigenvalue weighted by Gasteiger charge is -2.03. The van der Waals surface area contributed by atoms with Crippen LogP contribution in [0.1, 0.15) is 18.1 Å². The van der Waals surface area contributed by atoms with Crippen LogP contribution in [0.15, 0.2) is 53.8 Å². The fraction of sp³-hybridized carbons (Fsp3) is 0.0625. The van der Waals surface area contributed by atoms with Gasteiger partial charge in [-0.3, -0.25) is 5.32 Å². The molecule has 1 aliphatic rings. The van der Waals surface area contributed by atoms with Gasteiger partial charge < -0.3 is 0 Å². The highest BCUT2D eigenvalue weighted by atomic mass is 14.9. The molecule has 1 N–H and O–H groups in total. The summed E-state index contributed by atoms with van der Waals surface area (Å²) >= 11 is 0. The fourth-order valence-corrected chi connectivity index (χ4v) is 2.10. The van der Waals surface area contributed by atoms with E-state index in [9.17, 15) is 0 Å². The average Bonchev–Trinajstić information content (AvgIpc) is 2.69. The van der Waals surface area contributed by atoms with Crippen LogP contribution in [0.5, 0.6) is 0 Å². The van der Waals surface area contributed by atoms with Crippen molar-refractivity contribution in [3.05, 3.63) is 59.9 Å². The van der Waals surface area contributed by atoms with E-state index in [1.165, 1.54) is 0 Å². The number of hydrogen-bond donors (Lipinski definition) is 1. The van der Waals surface area contributed by atoms with Gasteiger partial charge in [-0.25, -0.2) is 4.99 Å². The number of nitrogens with one attached hydrogen (secondary N) is 1. The van der Waals surface area contributed by atoms with Gasteiger partial charge in [0.1, 0.15) is 6.07 Å². The van der Waals surface area contributed by atoms with E-state index in [-0.39, 0.29) is 11.4 Å². The van der Waals surface area contributed by atoms with Crippen molar-refractivity contribution in [2.45, 2.75) is 6.92 Å². The molecule has 2 rings (SSSR count). The Morgan fingerprint density at radius 1 is 1.25 bits per heavy atom. The predicted octanol–water partition coefficient (Wildman–Crippen LogP) is 2.99. The van der Waals surface area contributed by atoms with Crippen LogP contribution in [0.4, 0.5) is 0 Å². The van der Waals surface area contributed by atoms with Crippen LogP contribution in [0, 0.1) is 22.8 Å². The van der Waals surface area contributed by atoms with Gasteiger partial charge in [0.15, 0.2) is 11.9 Å². The highest BCUT2D eigenvalue weighted by Gasteiger charge is 2.22. The van der Waals surface area contributed by atoms with Gasteiger partial charge in [-0.15, -0.1) is 0 Å². The van der Waals surface area contributed by atoms with E-state index in [0.717, 1.165) is 22.3 Å². The first-order valence-electron chi connectivity index (χ1n) is 5.93. The molecule has 0 spiro atoms. The Labute approximate surface area is 117 Å². The molecule has 0 heterocycles. The Balaban J connectivity index is 2.48. The number of nitrogens with zero attached hydrogens (tertiary/aromatic N) is 3. The quantitative estimate of drug-likeness (QED) is 0.516. The standard InChI is InChI=1S/C16H12N4/c1-10-13-6-4-5-7-14(13)11(2)16(10)20-15(8-17)12(3)19-9-18/h4-7,19H,1,3H2,2H3. The van der Waals surface area contributed by atoms with Gasteiger partial charge in [0.25, 0.3) is 0 Å². The maximum absolute atomic E-state index is 9.13. The summed E-state index contributed by atoms with van der Waals surface area (Å²) in [6.07, 6.45) is 1.73. The molecule has 0 radical (unpaired) electrons. The molecule has 0 saturated carbocycles. The highest BCUT2D eigenvalue weighted by molar-refractivity contribution is 6.13. The van der Waals surface area contributed by atoms with Crippen LogP contribution in [-0.2, 0) is 0 Å². The second kappa shape index (κ2) is 5.26. The molecule has 20 heavy (non-hydrogen) atoms. The van der Waals surface area contributed by atoms with Gasteiger partial charge in [0.2, 0.25) is 0 Å². The maximum Gasteiger partial charge on any atom is 0.181 e. The molecular weight excluding hydrogens is 248 g/mol. The van der Waals surface area contributed by atoms with Crippen molar-refractivity contribution in [3.63, 3.8) is 0 Å². The Bertz CT molecular complexity index is 751. The summed E-state index contributed by atoms with van der Waals surface area (Å²) in [4.78, 5) is 4.31. The molecule has 1 aromatic carbocycles. The van der Waals surface area contributed by atoms with Gasteiger partial charge in [-0.1, -0.05) is 37.4 Å². The van der Waals surface area contributed by atoms with Crippen LogP contribution in [0.3, 0.4) is 0 Å². The Morgan fingerprint density at radius 2 is 1.90 bits per heavy atom. The molecule has 0 amide bonds. The summed E-state index contributed by atoms with van der Waals surface area (Å²) in [6, 6.07) is 9.79. The first kappa shape index (κ1) is 13.3. The van der Waals surface area contributed by atoms with Crippen molar-refractivity contribution in [2.24, 2.45) is 4.99 Å². The SMILES string of the molecule is C=C(NC#N)C(C#N)=NC1=C(C)c2ccccc2C1=C. The number of allylic oxidation sites excluding steroid dienone is 3. The van der Waals surface area contributed by atoms with E-state index in [1.807, 2.05) is 37.3 Å². The third-order valence-corrected chi connectivity index (χ3v) is 3.12. The number of aliphatic imine (C=N–C) groups is 1. The molecule has 0 saturated heterocycles. The van der Waals surface area contributed by atoms with Crippen LogP contribution in [0.25, 0.3) is 11.1 Å². The zero-order valence-corrected chi connectivity index (χ0v) is 11.1. The van der Waals surface area contributed by atoms with Crippen molar-refractivity contribution in [2.75, 3.05) is 0 Å². The molecule has 0 unspecified atom stereocenters. The van der Waals surface area contributed by atoms with Crippen molar-refractivity contribution in [1.29, 1.82) is 10.5 Å². The van der Waals surface area contributed by atoms with E-state index >= 15 is 0 Å². The third-order valence-electron chi connectivity index (χ3n) is 3.12. The van der Waals surface area contributed by atoms with Gasteiger partial charge >= 0.3 is 0 Å². The smallest absolute Gasteiger partial charge is 0.181 e. The third kappa shape index (κ3) is 2.11. The van der Waals surface area contributed by atoms with Crippen molar-refractivity contribution >= 4 is 16.9 Å². The molecule has 0 atom stereocenters. The normalized spacial score (nSPS) is 13.6. The topological polar surface area (TPSA) is 72.0 Å². The lowest BCUT2D eigenvalue weighted by atomic mass is 10.1. The van der Waals surface area contributed by atoms with Crippen LogP contribution in [-0.4, -0.2) is 5.71 Å². The summed E-state index contributed by atoms with van der Waals surface area (Å²) in [7, 11) is 0. The van der Waals surface area contributed by atoms with E-state index in [0.29, 0.717) is 5.70 Å². The number of benzene rings is 1. The van der Waals surface area contributed by atoms with Crippen molar-refractivity contribution in [3.8, 4) is 12.3 Å². The molecular formula is C16H12N4. The zero-order chi connectivity index (χ0) is 14.7. The van der Waals surface area contributed by atoms with Gasteiger partial charge in [-0.2, -0.15) is 10.5 Å². The molecule has 4 heteroatoms. The minimum absolute atomic E-state index is 0.0786. The molecule has 0 aliphatic heterocycles.